The standard InChI is InChI=1S/C16H22N2OS/c1-11(2)9-10-18(14-7-8-14)16(19)13-5-3-12(4-6-13)15(17)20/h3-6,11,14H,7-10H2,1-2H3,(H2,17,20). The summed E-state index contributed by atoms with van der Waals surface area (Å²) in [6.07, 6.45) is 3.32. The molecular weight excluding hydrogens is 268 g/mol. The first-order chi connectivity index (χ1) is 9.49. The first kappa shape index (κ1) is 15.0. The molecule has 0 spiro atoms. The van der Waals surface area contributed by atoms with E-state index in [2.05, 4.69) is 13.8 Å². The van der Waals surface area contributed by atoms with E-state index in [1.807, 2.05) is 29.2 Å². The summed E-state index contributed by atoms with van der Waals surface area (Å²) in [5, 5.41) is 0. The number of carbonyl (C=O) groups is 1. The molecule has 0 atom stereocenters. The minimum Gasteiger partial charge on any atom is -0.389 e. The predicted molar refractivity (Wildman–Crippen MR) is 85.8 cm³/mol. The molecule has 0 saturated heterocycles. The lowest BCUT2D eigenvalue weighted by Gasteiger charge is -2.23. The maximum Gasteiger partial charge on any atom is 0.254 e. The highest BCUT2D eigenvalue weighted by molar-refractivity contribution is 7.80. The van der Waals surface area contributed by atoms with Gasteiger partial charge in [0, 0.05) is 23.7 Å². The maximum absolute atomic E-state index is 12.6. The van der Waals surface area contributed by atoms with E-state index in [4.69, 9.17) is 18.0 Å². The third kappa shape index (κ3) is 3.79. The molecule has 1 fully saturated rings. The predicted octanol–water partition coefficient (Wildman–Crippen LogP) is 2.97. The van der Waals surface area contributed by atoms with Gasteiger partial charge in [0.15, 0.2) is 0 Å². The number of hydrogen-bond acceptors (Lipinski definition) is 2. The molecule has 0 bridgehead atoms. The summed E-state index contributed by atoms with van der Waals surface area (Å²) in [5.74, 6) is 0.740. The molecule has 1 aliphatic rings. The summed E-state index contributed by atoms with van der Waals surface area (Å²) in [5.41, 5.74) is 7.10. The molecule has 108 valence electrons. The van der Waals surface area contributed by atoms with Crippen molar-refractivity contribution in [3.05, 3.63) is 35.4 Å². The first-order valence-electron chi connectivity index (χ1n) is 7.20. The van der Waals surface area contributed by atoms with Crippen molar-refractivity contribution in [3.8, 4) is 0 Å². The molecule has 1 aliphatic carbocycles. The highest BCUT2D eigenvalue weighted by Gasteiger charge is 2.32. The summed E-state index contributed by atoms with van der Waals surface area (Å²) in [6.45, 7) is 5.22. The molecule has 1 amide bonds. The van der Waals surface area contributed by atoms with Crippen LogP contribution in [0, 0.1) is 5.92 Å². The quantitative estimate of drug-likeness (QED) is 0.819. The van der Waals surface area contributed by atoms with Crippen molar-refractivity contribution in [1.82, 2.24) is 4.90 Å². The molecule has 0 radical (unpaired) electrons. The summed E-state index contributed by atoms with van der Waals surface area (Å²) in [7, 11) is 0. The second-order valence-electron chi connectivity index (χ2n) is 5.85. The lowest BCUT2D eigenvalue weighted by molar-refractivity contribution is 0.0735. The van der Waals surface area contributed by atoms with Crippen LogP contribution in [0.15, 0.2) is 24.3 Å². The lowest BCUT2D eigenvalue weighted by Crippen LogP contribution is -2.34. The SMILES string of the molecule is CC(C)CCN(C(=O)c1ccc(C(N)=S)cc1)C1CC1. The minimum absolute atomic E-state index is 0.127. The summed E-state index contributed by atoms with van der Waals surface area (Å²) >= 11 is 4.93. The van der Waals surface area contributed by atoms with Gasteiger partial charge in [-0.2, -0.15) is 0 Å². The Hall–Kier alpha value is -1.42. The number of amides is 1. The van der Waals surface area contributed by atoms with E-state index in [0.717, 1.165) is 36.9 Å². The van der Waals surface area contributed by atoms with Crippen molar-refractivity contribution in [2.24, 2.45) is 11.7 Å². The van der Waals surface area contributed by atoms with Crippen molar-refractivity contribution >= 4 is 23.1 Å². The fraction of sp³-hybridized carbons (Fsp3) is 0.500. The van der Waals surface area contributed by atoms with Gasteiger partial charge in [0.25, 0.3) is 5.91 Å². The molecule has 4 heteroatoms. The van der Waals surface area contributed by atoms with Crippen LogP contribution in [0.3, 0.4) is 0 Å². The van der Waals surface area contributed by atoms with Crippen molar-refractivity contribution in [2.45, 2.75) is 39.2 Å². The van der Waals surface area contributed by atoms with Gasteiger partial charge in [0.05, 0.1) is 0 Å². The van der Waals surface area contributed by atoms with Gasteiger partial charge < -0.3 is 10.6 Å². The molecule has 0 heterocycles. The molecule has 2 N–H and O–H groups in total. The van der Waals surface area contributed by atoms with E-state index in [9.17, 15) is 4.79 Å². The van der Waals surface area contributed by atoms with Crippen molar-refractivity contribution in [1.29, 1.82) is 0 Å². The van der Waals surface area contributed by atoms with Crippen LogP contribution < -0.4 is 5.73 Å². The van der Waals surface area contributed by atoms with E-state index in [0.29, 0.717) is 16.9 Å². The summed E-state index contributed by atoms with van der Waals surface area (Å²) < 4.78 is 0. The van der Waals surface area contributed by atoms with Crippen LogP contribution in [0.25, 0.3) is 0 Å². The molecule has 1 aromatic rings. The number of carbonyl (C=O) groups excluding carboxylic acids is 1. The lowest BCUT2D eigenvalue weighted by atomic mass is 10.1. The topological polar surface area (TPSA) is 46.3 Å². The van der Waals surface area contributed by atoms with Crippen molar-refractivity contribution < 1.29 is 4.79 Å². The molecule has 2 rings (SSSR count). The zero-order valence-electron chi connectivity index (χ0n) is 12.1. The molecule has 1 saturated carbocycles. The van der Waals surface area contributed by atoms with Gasteiger partial charge in [-0.25, -0.2) is 0 Å². The normalized spacial score (nSPS) is 14.3. The second kappa shape index (κ2) is 6.35. The van der Waals surface area contributed by atoms with E-state index in [1.165, 1.54) is 0 Å². The van der Waals surface area contributed by atoms with Gasteiger partial charge in [-0.1, -0.05) is 38.2 Å². The van der Waals surface area contributed by atoms with Crippen LogP contribution in [0.5, 0.6) is 0 Å². The van der Waals surface area contributed by atoms with E-state index >= 15 is 0 Å². The number of hydrogen-bond donors (Lipinski definition) is 1. The smallest absolute Gasteiger partial charge is 0.254 e. The Bertz CT molecular complexity index is 492. The largest absolute Gasteiger partial charge is 0.389 e. The molecule has 0 aliphatic heterocycles. The summed E-state index contributed by atoms with van der Waals surface area (Å²) in [6, 6.07) is 7.73. The van der Waals surface area contributed by atoms with Gasteiger partial charge in [0.1, 0.15) is 4.99 Å². The Kier molecular flexibility index (Phi) is 4.76. The van der Waals surface area contributed by atoms with Crippen LogP contribution in [0.1, 0.15) is 49.0 Å². The number of rotatable bonds is 6. The van der Waals surface area contributed by atoms with Gasteiger partial charge >= 0.3 is 0 Å². The average molecular weight is 290 g/mol. The monoisotopic (exact) mass is 290 g/mol. The molecule has 0 unspecified atom stereocenters. The van der Waals surface area contributed by atoms with Gasteiger partial charge in [-0.15, -0.1) is 0 Å². The molecular formula is C16H22N2OS. The fourth-order valence-corrected chi connectivity index (χ4v) is 2.31. The van der Waals surface area contributed by atoms with E-state index in [-0.39, 0.29) is 5.91 Å². The van der Waals surface area contributed by atoms with Crippen molar-refractivity contribution in [2.75, 3.05) is 6.54 Å². The summed E-state index contributed by atoms with van der Waals surface area (Å²) in [4.78, 5) is 15.0. The van der Waals surface area contributed by atoms with E-state index in [1.54, 1.807) is 0 Å². The fourth-order valence-electron chi connectivity index (χ4n) is 2.18. The number of benzene rings is 1. The first-order valence-corrected chi connectivity index (χ1v) is 7.60. The number of thiocarbonyl (C=S) groups is 1. The third-order valence-electron chi connectivity index (χ3n) is 3.61. The number of nitrogens with two attached hydrogens (primary N) is 1. The van der Waals surface area contributed by atoms with Gasteiger partial charge in [0.2, 0.25) is 0 Å². The molecule has 3 nitrogen and oxygen atoms in total. The Morgan fingerprint density at radius 1 is 1.30 bits per heavy atom. The number of nitrogens with zero attached hydrogens (tertiary/aromatic N) is 1. The Balaban J connectivity index is 2.08. The Morgan fingerprint density at radius 3 is 2.30 bits per heavy atom. The third-order valence-corrected chi connectivity index (χ3v) is 3.85. The van der Waals surface area contributed by atoms with Crippen LogP contribution in [-0.2, 0) is 0 Å². The van der Waals surface area contributed by atoms with Crippen LogP contribution in [-0.4, -0.2) is 28.4 Å². The zero-order valence-corrected chi connectivity index (χ0v) is 13.0. The van der Waals surface area contributed by atoms with E-state index < -0.39 is 0 Å². The molecule has 1 aromatic carbocycles. The van der Waals surface area contributed by atoms with Crippen LogP contribution in [0.4, 0.5) is 0 Å². The van der Waals surface area contributed by atoms with Crippen LogP contribution in [0.2, 0.25) is 0 Å². The highest BCUT2D eigenvalue weighted by atomic mass is 32.1. The molecule has 0 aromatic heterocycles. The van der Waals surface area contributed by atoms with Gasteiger partial charge in [-0.3, -0.25) is 4.79 Å². The van der Waals surface area contributed by atoms with Gasteiger partial charge in [-0.05, 0) is 37.3 Å². The average Bonchev–Trinajstić information content (AvgIpc) is 3.23. The highest BCUT2D eigenvalue weighted by Crippen LogP contribution is 2.29. The van der Waals surface area contributed by atoms with Crippen molar-refractivity contribution in [3.63, 3.8) is 0 Å². The Morgan fingerprint density at radius 2 is 1.85 bits per heavy atom. The van der Waals surface area contributed by atoms with Crippen LogP contribution >= 0.6 is 12.2 Å². The second-order valence-corrected chi connectivity index (χ2v) is 6.29. The maximum atomic E-state index is 12.6. The Labute approximate surface area is 126 Å². The zero-order chi connectivity index (χ0) is 14.7. The minimum atomic E-state index is 0.127. The molecule has 20 heavy (non-hydrogen) atoms.